The molecule has 3 rings (SSSR count). The van der Waals surface area contributed by atoms with Crippen molar-refractivity contribution in [3.63, 3.8) is 0 Å². The van der Waals surface area contributed by atoms with E-state index in [9.17, 15) is 22.8 Å². The van der Waals surface area contributed by atoms with Crippen LogP contribution in [0.25, 0.3) is 0 Å². The Morgan fingerprint density at radius 3 is 2.32 bits per heavy atom. The van der Waals surface area contributed by atoms with Crippen LogP contribution >= 0.6 is 0 Å². The van der Waals surface area contributed by atoms with Crippen molar-refractivity contribution >= 4 is 12.0 Å². The van der Waals surface area contributed by atoms with E-state index in [4.69, 9.17) is 9.47 Å². The van der Waals surface area contributed by atoms with Gasteiger partial charge in [0.1, 0.15) is 17.8 Å². The predicted octanol–water partition coefficient (Wildman–Crippen LogP) is 2.88. The maximum absolute atomic E-state index is 13.0. The van der Waals surface area contributed by atoms with Crippen molar-refractivity contribution in [2.45, 2.75) is 51.9 Å². The molecule has 0 radical (unpaired) electrons. The first-order valence-electron chi connectivity index (χ1n) is 9.99. The summed E-state index contributed by atoms with van der Waals surface area (Å²) in [5.41, 5.74) is -2.54. The molecule has 2 amide bonds. The number of nitrogens with zero attached hydrogens (tertiary/aromatic N) is 3. The zero-order valence-electron chi connectivity index (χ0n) is 18.1. The van der Waals surface area contributed by atoms with E-state index in [1.165, 1.54) is 0 Å². The van der Waals surface area contributed by atoms with Gasteiger partial charge in [-0.15, -0.1) is 5.10 Å². The number of carbonyl (C=O) groups is 2. The van der Waals surface area contributed by atoms with Crippen molar-refractivity contribution in [2.75, 3.05) is 19.7 Å². The Bertz CT molecular complexity index is 842. The molecule has 1 aliphatic carbocycles. The van der Waals surface area contributed by atoms with E-state index in [1.54, 1.807) is 39.5 Å². The van der Waals surface area contributed by atoms with Crippen molar-refractivity contribution in [3.05, 3.63) is 17.8 Å². The third-order valence-electron chi connectivity index (χ3n) is 5.17. The second-order valence-electron chi connectivity index (χ2n) is 9.65. The van der Waals surface area contributed by atoms with Gasteiger partial charge in [-0.05, 0) is 52.5 Å². The Morgan fingerprint density at radius 1 is 1.16 bits per heavy atom. The molecule has 8 nitrogen and oxygen atoms in total. The molecule has 2 heterocycles. The van der Waals surface area contributed by atoms with E-state index in [0.29, 0.717) is 13.1 Å². The number of amides is 2. The average Bonchev–Trinajstić information content (AvgIpc) is 3.12. The fourth-order valence-electron chi connectivity index (χ4n) is 3.73. The topological polar surface area (TPSA) is 93.7 Å². The summed E-state index contributed by atoms with van der Waals surface area (Å²) in [6.45, 7) is 9.36. The van der Waals surface area contributed by atoms with Crippen LogP contribution < -0.4 is 10.1 Å². The summed E-state index contributed by atoms with van der Waals surface area (Å²) in [6.07, 6.45) is -4.07. The number of rotatable bonds is 5. The Morgan fingerprint density at radius 2 is 1.77 bits per heavy atom. The Balaban J connectivity index is 1.51. The second-order valence-corrected chi connectivity index (χ2v) is 9.65. The van der Waals surface area contributed by atoms with Gasteiger partial charge in [-0.1, -0.05) is 0 Å². The first kappa shape index (κ1) is 23.1. The molecule has 0 aromatic carbocycles. The lowest BCUT2D eigenvalue weighted by Gasteiger charge is -2.28. The molecule has 31 heavy (non-hydrogen) atoms. The number of likely N-dealkylation sites (tertiary alicyclic amines) is 1. The molecular formula is C20H27F3N4O4. The van der Waals surface area contributed by atoms with Crippen molar-refractivity contribution in [2.24, 2.45) is 17.8 Å². The van der Waals surface area contributed by atoms with Gasteiger partial charge in [-0.25, -0.2) is 4.79 Å². The van der Waals surface area contributed by atoms with Crippen LogP contribution in [-0.2, 0) is 15.7 Å². The highest BCUT2D eigenvalue weighted by Crippen LogP contribution is 2.52. The van der Waals surface area contributed by atoms with Crippen molar-refractivity contribution in [3.8, 4) is 5.88 Å². The molecule has 1 unspecified atom stereocenters. The summed E-state index contributed by atoms with van der Waals surface area (Å²) in [5, 5.41) is 9.68. The molecule has 1 aromatic heterocycles. The van der Waals surface area contributed by atoms with E-state index in [1.807, 2.05) is 0 Å². The fourth-order valence-corrected chi connectivity index (χ4v) is 3.73. The van der Waals surface area contributed by atoms with Crippen molar-refractivity contribution < 1.29 is 32.2 Å². The van der Waals surface area contributed by atoms with Crippen LogP contribution in [0.2, 0.25) is 0 Å². The van der Waals surface area contributed by atoms with Gasteiger partial charge in [0, 0.05) is 19.0 Å². The molecule has 1 N–H and O–H groups in total. The smallest absolute Gasteiger partial charge is 0.421 e. The molecule has 1 saturated heterocycles. The SMILES string of the molecule is CC(C)(COc1nnccc1C(F)(F)F)NC(=O)C1[C@H]2CN(C(=O)OC(C)(C)C)C[C@@H]12. The molecule has 0 bridgehead atoms. The maximum Gasteiger partial charge on any atom is 0.421 e. The first-order chi connectivity index (χ1) is 14.2. The standard InChI is InChI=1S/C20H27F3N4O4/c1-18(2,3)31-17(29)27-8-11-12(9-27)14(11)15(28)25-19(4,5)10-30-16-13(20(21,22)23)6-7-24-26-16/h6-7,11-12,14H,8-10H2,1-5H3,(H,25,28)/t11-,12+,14?. The van der Waals surface area contributed by atoms with E-state index in [0.717, 1.165) is 12.3 Å². The minimum atomic E-state index is -4.62. The van der Waals surface area contributed by atoms with E-state index < -0.39 is 34.9 Å². The average molecular weight is 444 g/mol. The molecular weight excluding hydrogens is 417 g/mol. The number of halogens is 3. The molecule has 1 aliphatic heterocycles. The highest BCUT2D eigenvalue weighted by Gasteiger charge is 2.61. The van der Waals surface area contributed by atoms with Crippen LogP contribution in [0.5, 0.6) is 5.88 Å². The minimum Gasteiger partial charge on any atom is -0.474 e. The van der Waals surface area contributed by atoms with Crippen LogP contribution in [0.1, 0.15) is 40.2 Å². The Labute approximate surface area is 178 Å². The minimum absolute atomic E-state index is 0.0565. The third-order valence-corrected chi connectivity index (χ3v) is 5.17. The molecule has 11 heteroatoms. The number of ether oxygens (including phenoxy) is 2. The molecule has 2 aliphatic rings. The summed E-state index contributed by atoms with van der Waals surface area (Å²) < 4.78 is 49.7. The maximum atomic E-state index is 13.0. The van der Waals surface area contributed by atoms with Crippen LogP contribution in [0.3, 0.4) is 0 Å². The number of hydrogen-bond donors (Lipinski definition) is 1. The third kappa shape index (κ3) is 5.56. The summed E-state index contributed by atoms with van der Waals surface area (Å²) in [7, 11) is 0. The quantitative estimate of drug-likeness (QED) is 0.751. The Kier molecular flexibility index (Phi) is 5.83. The normalized spacial score (nSPS) is 23.2. The fraction of sp³-hybridized carbons (Fsp3) is 0.700. The lowest BCUT2D eigenvalue weighted by atomic mass is 10.1. The van der Waals surface area contributed by atoms with E-state index >= 15 is 0 Å². The van der Waals surface area contributed by atoms with E-state index in [2.05, 4.69) is 15.5 Å². The lowest BCUT2D eigenvalue weighted by Crippen LogP contribution is -2.49. The summed E-state index contributed by atoms with van der Waals surface area (Å²) in [4.78, 5) is 26.4. The molecule has 2 fully saturated rings. The number of piperidine rings is 1. The van der Waals surface area contributed by atoms with Gasteiger partial charge >= 0.3 is 12.3 Å². The first-order valence-corrected chi connectivity index (χ1v) is 9.99. The molecule has 1 aromatic rings. The van der Waals surface area contributed by atoms with E-state index in [-0.39, 0.29) is 30.3 Å². The molecule has 3 atom stereocenters. The lowest BCUT2D eigenvalue weighted by molar-refractivity contribution is -0.139. The summed E-state index contributed by atoms with van der Waals surface area (Å²) in [6, 6.07) is 0.787. The summed E-state index contributed by atoms with van der Waals surface area (Å²) >= 11 is 0. The predicted molar refractivity (Wildman–Crippen MR) is 103 cm³/mol. The largest absolute Gasteiger partial charge is 0.474 e. The van der Waals surface area contributed by atoms with Gasteiger partial charge in [0.2, 0.25) is 11.8 Å². The van der Waals surface area contributed by atoms with Crippen molar-refractivity contribution in [1.82, 2.24) is 20.4 Å². The number of hydrogen-bond acceptors (Lipinski definition) is 6. The molecule has 0 spiro atoms. The molecule has 1 saturated carbocycles. The van der Waals surface area contributed by atoms with Gasteiger partial charge in [0.25, 0.3) is 0 Å². The number of alkyl halides is 3. The number of fused-ring (bicyclic) bond motifs is 1. The van der Waals surface area contributed by atoms with Gasteiger partial charge in [-0.2, -0.15) is 18.3 Å². The van der Waals surface area contributed by atoms with Gasteiger partial charge in [-0.3, -0.25) is 4.79 Å². The zero-order chi connectivity index (χ0) is 23.2. The van der Waals surface area contributed by atoms with Crippen LogP contribution in [0, 0.1) is 17.8 Å². The van der Waals surface area contributed by atoms with Gasteiger partial charge in [0.15, 0.2) is 0 Å². The second kappa shape index (κ2) is 7.83. The Hall–Kier alpha value is -2.59. The van der Waals surface area contributed by atoms with Crippen molar-refractivity contribution in [1.29, 1.82) is 0 Å². The highest BCUT2D eigenvalue weighted by molar-refractivity contribution is 5.84. The van der Waals surface area contributed by atoms with Gasteiger partial charge in [0.05, 0.1) is 11.7 Å². The number of nitrogens with one attached hydrogen (secondary N) is 1. The molecule has 172 valence electrons. The highest BCUT2D eigenvalue weighted by atomic mass is 19.4. The zero-order valence-corrected chi connectivity index (χ0v) is 18.1. The van der Waals surface area contributed by atoms with Crippen LogP contribution in [0.15, 0.2) is 12.3 Å². The number of carbonyl (C=O) groups excluding carboxylic acids is 2. The van der Waals surface area contributed by atoms with Gasteiger partial charge < -0.3 is 19.7 Å². The summed E-state index contributed by atoms with van der Waals surface area (Å²) in [5.74, 6) is -0.960. The van der Waals surface area contributed by atoms with Crippen LogP contribution in [-0.4, -0.2) is 57.9 Å². The van der Waals surface area contributed by atoms with Crippen LogP contribution in [0.4, 0.5) is 18.0 Å². The monoisotopic (exact) mass is 444 g/mol. The number of aromatic nitrogens is 2.